The van der Waals surface area contributed by atoms with E-state index in [1.54, 1.807) is 0 Å². The van der Waals surface area contributed by atoms with E-state index in [2.05, 4.69) is 15.3 Å². The van der Waals surface area contributed by atoms with Crippen molar-refractivity contribution >= 4 is 11.9 Å². The number of H-pyrrole nitrogens is 1. The first-order chi connectivity index (χ1) is 8.50. The van der Waals surface area contributed by atoms with Crippen molar-refractivity contribution in [3.8, 4) is 5.75 Å². The summed E-state index contributed by atoms with van der Waals surface area (Å²) in [5.74, 6) is -7.43. The number of aromatic amines is 1. The predicted octanol–water partition coefficient (Wildman–Crippen LogP) is 1.78. The zero-order valence-electron chi connectivity index (χ0n) is 8.67. The van der Waals surface area contributed by atoms with Crippen LogP contribution in [-0.4, -0.2) is 21.0 Å². The highest BCUT2D eigenvalue weighted by atomic mass is 19.2. The summed E-state index contributed by atoms with van der Waals surface area (Å²) < 4.78 is 39.1. The Kier molecular flexibility index (Phi) is 2.92. The molecule has 0 atom stereocenters. The predicted molar refractivity (Wildman–Crippen MR) is 54.5 cm³/mol. The van der Waals surface area contributed by atoms with Gasteiger partial charge in [0.1, 0.15) is 0 Å². The third-order valence-corrected chi connectivity index (χ3v) is 2.11. The molecule has 1 aromatic heterocycles. The van der Waals surface area contributed by atoms with Crippen LogP contribution in [0.25, 0.3) is 0 Å². The number of halogens is 3. The summed E-state index contributed by atoms with van der Waals surface area (Å²) in [5.41, 5.74) is -0.831. The molecule has 2 rings (SSSR count). The maximum absolute atomic E-state index is 13.4. The molecule has 0 unspecified atom stereocenters. The lowest BCUT2D eigenvalue weighted by Crippen LogP contribution is -2.15. The Bertz CT molecular complexity index is 599. The minimum Gasteiger partial charge on any atom is -0.503 e. The SMILES string of the molecule is O=C(Nc1ncc[nH]1)c1cc(F)c(F)c(O)c1F. The number of hydrogen-bond acceptors (Lipinski definition) is 3. The number of aromatic hydroxyl groups is 1. The fourth-order valence-corrected chi connectivity index (χ4v) is 1.26. The standard InChI is InChI=1S/C10H6F3N3O2/c11-5-3-4(6(12)8(17)7(5)13)9(18)16-10-14-1-2-15-10/h1-3,17H,(H2,14,15,16,18). The molecular formula is C10H6F3N3O2. The molecular weight excluding hydrogens is 251 g/mol. The van der Waals surface area contributed by atoms with Gasteiger partial charge in [-0.1, -0.05) is 0 Å². The Morgan fingerprint density at radius 1 is 1.33 bits per heavy atom. The second-order valence-corrected chi connectivity index (χ2v) is 3.27. The number of rotatable bonds is 2. The van der Waals surface area contributed by atoms with Gasteiger partial charge in [-0.25, -0.2) is 13.8 Å². The summed E-state index contributed by atoms with van der Waals surface area (Å²) >= 11 is 0. The number of amides is 1. The quantitative estimate of drug-likeness (QED) is 0.717. The fraction of sp³-hybridized carbons (Fsp3) is 0. The molecule has 2 aromatic rings. The van der Waals surface area contributed by atoms with E-state index in [1.807, 2.05) is 0 Å². The number of imidazole rings is 1. The van der Waals surface area contributed by atoms with Gasteiger partial charge in [0.25, 0.3) is 5.91 Å². The molecule has 0 spiro atoms. The van der Waals surface area contributed by atoms with Crippen LogP contribution in [0.2, 0.25) is 0 Å². The fourth-order valence-electron chi connectivity index (χ4n) is 1.26. The number of carbonyl (C=O) groups is 1. The van der Waals surface area contributed by atoms with E-state index in [-0.39, 0.29) is 5.95 Å². The Labute approximate surface area is 98.3 Å². The first kappa shape index (κ1) is 12.0. The molecule has 18 heavy (non-hydrogen) atoms. The number of benzene rings is 1. The van der Waals surface area contributed by atoms with Crippen molar-refractivity contribution in [3.63, 3.8) is 0 Å². The van der Waals surface area contributed by atoms with Crippen molar-refractivity contribution < 1.29 is 23.1 Å². The lowest BCUT2D eigenvalue weighted by molar-refractivity contribution is 0.102. The number of nitrogens with one attached hydrogen (secondary N) is 2. The van der Waals surface area contributed by atoms with Crippen molar-refractivity contribution in [2.24, 2.45) is 0 Å². The molecule has 94 valence electrons. The highest BCUT2D eigenvalue weighted by Crippen LogP contribution is 2.26. The van der Waals surface area contributed by atoms with Crippen LogP contribution >= 0.6 is 0 Å². The molecule has 0 saturated heterocycles. The monoisotopic (exact) mass is 257 g/mol. The number of hydrogen-bond donors (Lipinski definition) is 3. The highest BCUT2D eigenvalue weighted by molar-refractivity contribution is 6.03. The van der Waals surface area contributed by atoms with Gasteiger partial charge in [-0.2, -0.15) is 4.39 Å². The van der Waals surface area contributed by atoms with Crippen LogP contribution in [0.5, 0.6) is 5.75 Å². The van der Waals surface area contributed by atoms with Gasteiger partial charge in [-0.15, -0.1) is 0 Å². The summed E-state index contributed by atoms with van der Waals surface area (Å²) in [6.45, 7) is 0. The third-order valence-electron chi connectivity index (χ3n) is 2.11. The van der Waals surface area contributed by atoms with Crippen LogP contribution in [0.4, 0.5) is 19.1 Å². The summed E-state index contributed by atoms with van der Waals surface area (Å²) in [6, 6.07) is 0.350. The molecule has 0 bridgehead atoms. The van der Waals surface area contributed by atoms with Gasteiger partial charge in [0.15, 0.2) is 17.4 Å². The highest BCUT2D eigenvalue weighted by Gasteiger charge is 2.22. The molecule has 0 aliphatic heterocycles. The molecule has 5 nitrogen and oxygen atoms in total. The van der Waals surface area contributed by atoms with Crippen molar-refractivity contribution in [2.75, 3.05) is 5.32 Å². The van der Waals surface area contributed by atoms with Crippen LogP contribution in [0.1, 0.15) is 10.4 Å². The molecule has 0 saturated carbocycles. The second-order valence-electron chi connectivity index (χ2n) is 3.27. The average molecular weight is 257 g/mol. The molecule has 1 heterocycles. The molecule has 1 amide bonds. The average Bonchev–Trinajstić information content (AvgIpc) is 2.83. The minimum absolute atomic E-state index is 0.00335. The summed E-state index contributed by atoms with van der Waals surface area (Å²) in [7, 11) is 0. The summed E-state index contributed by atoms with van der Waals surface area (Å²) in [6.07, 6.45) is 2.73. The molecule has 0 aliphatic rings. The van der Waals surface area contributed by atoms with Crippen LogP contribution in [-0.2, 0) is 0 Å². The number of anilines is 1. The van der Waals surface area contributed by atoms with E-state index in [1.165, 1.54) is 12.4 Å². The van der Waals surface area contributed by atoms with E-state index < -0.39 is 34.7 Å². The Morgan fingerprint density at radius 2 is 2.06 bits per heavy atom. The van der Waals surface area contributed by atoms with Crippen molar-refractivity contribution in [1.82, 2.24) is 9.97 Å². The van der Waals surface area contributed by atoms with Crippen LogP contribution in [0.15, 0.2) is 18.5 Å². The van der Waals surface area contributed by atoms with E-state index in [0.717, 1.165) is 0 Å². The van der Waals surface area contributed by atoms with E-state index >= 15 is 0 Å². The van der Waals surface area contributed by atoms with E-state index in [9.17, 15) is 18.0 Å². The summed E-state index contributed by atoms with van der Waals surface area (Å²) in [5, 5.41) is 11.1. The topological polar surface area (TPSA) is 78.0 Å². The zero-order chi connectivity index (χ0) is 13.3. The van der Waals surface area contributed by atoms with Gasteiger partial charge < -0.3 is 10.1 Å². The van der Waals surface area contributed by atoms with Crippen LogP contribution in [0, 0.1) is 17.5 Å². The number of nitrogens with zero attached hydrogens (tertiary/aromatic N) is 1. The Morgan fingerprint density at radius 3 is 2.67 bits per heavy atom. The molecule has 0 radical (unpaired) electrons. The van der Waals surface area contributed by atoms with Crippen molar-refractivity contribution in [2.45, 2.75) is 0 Å². The lowest BCUT2D eigenvalue weighted by Gasteiger charge is -2.06. The third kappa shape index (κ3) is 1.99. The van der Waals surface area contributed by atoms with Gasteiger partial charge in [0, 0.05) is 12.4 Å². The van der Waals surface area contributed by atoms with Gasteiger partial charge >= 0.3 is 0 Å². The largest absolute Gasteiger partial charge is 0.503 e. The normalized spacial score (nSPS) is 10.4. The molecule has 3 N–H and O–H groups in total. The first-order valence-corrected chi connectivity index (χ1v) is 4.68. The number of phenolic OH excluding ortho intramolecular Hbond substituents is 1. The molecule has 8 heteroatoms. The smallest absolute Gasteiger partial charge is 0.261 e. The van der Waals surface area contributed by atoms with Gasteiger partial charge in [-0.05, 0) is 6.07 Å². The minimum atomic E-state index is -1.75. The van der Waals surface area contributed by atoms with Crippen molar-refractivity contribution in [3.05, 3.63) is 41.5 Å². The summed E-state index contributed by atoms with van der Waals surface area (Å²) in [4.78, 5) is 17.7. The van der Waals surface area contributed by atoms with E-state index in [0.29, 0.717) is 6.07 Å². The number of aromatic nitrogens is 2. The van der Waals surface area contributed by atoms with Crippen molar-refractivity contribution in [1.29, 1.82) is 0 Å². The maximum atomic E-state index is 13.4. The number of phenols is 1. The van der Waals surface area contributed by atoms with Gasteiger partial charge in [0.05, 0.1) is 5.56 Å². The molecule has 0 fully saturated rings. The molecule has 1 aromatic carbocycles. The van der Waals surface area contributed by atoms with Crippen LogP contribution in [0.3, 0.4) is 0 Å². The molecule has 0 aliphatic carbocycles. The van der Waals surface area contributed by atoms with Crippen LogP contribution < -0.4 is 5.32 Å². The van der Waals surface area contributed by atoms with E-state index in [4.69, 9.17) is 5.11 Å². The second kappa shape index (κ2) is 4.40. The maximum Gasteiger partial charge on any atom is 0.261 e. The lowest BCUT2D eigenvalue weighted by atomic mass is 10.1. The Balaban J connectivity index is 2.36. The Hall–Kier alpha value is -2.51. The van der Waals surface area contributed by atoms with Gasteiger partial charge in [-0.3, -0.25) is 10.1 Å². The zero-order valence-corrected chi connectivity index (χ0v) is 8.67. The first-order valence-electron chi connectivity index (χ1n) is 4.68. The number of carbonyl (C=O) groups excluding carboxylic acids is 1. The van der Waals surface area contributed by atoms with Gasteiger partial charge in [0.2, 0.25) is 11.8 Å².